The zero-order valence-electron chi connectivity index (χ0n) is 11.5. The van der Waals surface area contributed by atoms with Crippen molar-refractivity contribution in [2.75, 3.05) is 13.2 Å². The third kappa shape index (κ3) is 2.93. The standard InChI is InChI=1S/C16H24O2/c1-3-12-7-8-13(4-2)15(10-12)16(17)14-6-5-9-18-11-14/h7-8,10,14,16-17H,3-6,9,11H2,1-2H3. The van der Waals surface area contributed by atoms with E-state index in [1.165, 1.54) is 11.1 Å². The maximum absolute atomic E-state index is 10.6. The molecular formula is C16H24O2. The molecule has 2 nitrogen and oxygen atoms in total. The quantitative estimate of drug-likeness (QED) is 0.886. The molecule has 1 heterocycles. The van der Waals surface area contributed by atoms with Gasteiger partial charge in [-0.05, 0) is 42.4 Å². The van der Waals surface area contributed by atoms with E-state index >= 15 is 0 Å². The monoisotopic (exact) mass is 248 g/mol. The van der Waals surface area contributed by atoms with Gasteiger partial charge in [0.2, 0.25) is 0 Å². The highest BCUT2D eigenvalue weighted by Gasteiger charge is 2.25. The van der Waals surface area contributed by atoms with Crippen molar-refractivity contribution in [3.63, 3.8) is 0 Å². The van der Waals surface area contributed by atoms with Crippen molar-refractivity contribution >= 4 is 0 Å². The summed E-state index contributed by atoms with van der Waals surface area (Å²) in [6, 6.07) is 6.52. The third-order valence-corrected chi connectivity index (χ3v) is 3.96. The van der Waals surface area contributed by atoms with Crippen LogP contribution in [0.25, 0.3) is 0 Å². The fourth-order valence-electron chi connectivity index (χ4n) is 2.73. The maximum Gasteiger partial charge on any atom is 0.0842 e. The number of benzene rings is 1. The van der Waals surface area contributed by atoms with Crippen LogP contribution in [-0.4, -0.2) is 18.3 Å². The van der Waals surface area contributed by atoms with Crippen LogP contribution in [0.1, 0.15) is 49.5 Å². The van der Waals surface area contributed by atoms with Crippen LogP contribution in [0.2, 0.25) is 0 Å². The van der Waals surface area contributed by atoms with Crippen molar-refractivity contribution in [2.24, 2.45) is 5.92 Å². The van der Waals surface area contributed by atoms with Gasteiger partial charge in [0.25, 0.3) is 0 Å². The van der Waals surface area contributed by atoms with Gasteiger partial charge < -0.3 is 9.84 Å². The van der Waals surface area contributed by atoms with Gasteiger partial charge in [-0.15, -0.1) is 0 Å². The van der Waals surface area contributed by atoms with Crippen LogP contribution in [0.3, 0.4) is 0 Å². The second kappa shape index (κ2) is 6.35. The van der Waals surface area contributed by atoms with E-state index < -0.39 is 0 Å². The lowest BCUT2D eigenvalue weighted by molar-refractivity contribution is -0.0103. The van der Waals surface area contributed by atoms with Gasteiger partial charge >= 0.3 is 0 Å². The van der Waals surface area contributed by atoms with E-state index in [2.05, 4.69) is 32.0 Å². The largest absolute Gasteiger partial charge is 0.388 e. The molecule has 1 saturated heterocycles. The molecule has 0 radical (unpaired) electrons. The summed E-state index contributed by atoms with van der Waals surface area (Å²) in [7, 11) is 0. The first kappa shape index (κ1) is 13.6. The normalized spacial score (nSPS) is 21.8. The molecule has 100 valence electrons. The molecule has 0 aromatic heterocycles. The van der Waals surface area contributed by atoms with Gasteiger partial charge in [-0.25, -0.2) is 0 Å². The number of ether oxygens (including phenoxy) is 1. The molecule has 1 aromatic rings. The minimum atomic E-state index is -0.369. The van der Waals surface area contributed by atoms with E-state index in [0.717, 1.165) is 37.9 Å². The number of aliphatic hydroxyl groups excluding tert-OH is 1. The molecule has 1 fully saturated rings. The summed E-state index contributed by atoms with van der Waals surface area (Å²) < 4.78 is 5.49. The Morgan fingerprint density at radius 2 is 2.17 bits per heavy atom. The first-order valence-corrected chi connectivity index (χ1v) is 7.13. The highest BCUT2D eigenvalue weighted by molar-refractivity contribution is 5.34. The first-order chi connectivity index (χ1) is 8.76. The molecular weight excluding hydrogens is 224 g/mol. The van der Waals surface area contributed by atoms with Crippen molar-refractivity contribution in [2.45, 2.75) is 45.6 Å². The zero-order valence-corrected chi connectivity index (χ0v) is 11.5. The van der Waals surface area contributed by atoms with E-state index in [0.29, 0.717) is 6.61 Å². The first-order valence-electron chi connectivity index (χ1n) is 7.13. The fraction of sp³-hybridized carbons (Fsp3) is 0.625. The van der Waals surface area contributed by atoms with Gasteiger partial charge in [0, 0.05) is 12.5 Å². The molecule has 0 saturated carbocycles. The van der Waals surface area contributed by atoms with Crippen LogP contribution in [0.4, 0.5) is 0 Å². The van der Waals surface area contributed by atoms with Crippen LogP contribution in [0, 0.1) is 5.92 Å². The predicted molar refractivity (Wildman–Crippen MR) is 73.7 cm³/mol. The van der Waals surface area contributed by atoms with Crippen LogP contribution in [0.15, 0.2) is 18.2 Å². The summed E-state index contributed by atoms with van der Waals surface area (Å²) in [5.41, 5.74) is 3.69. The number of hydrogen-bond donors (Lipinski definition) is 1. The number of aliphatic hydroxyl groups is 1. The van der Waals surface area contributed by atoms with Crippen molar-refractivity contribution in [3.05, 3.63) is 34.9 Å². The second-order valence-corrected chi connectivity index (χ2v) is 5.16. The van der Waals surface area contributed by atoms with E-state index in [9.17, 15) is 5.11 Å². The average molecular weight is 248 g/mol. The SMILES string of the molecule is CCc1ccc(CC)c(C(O)C2CCCOC2)c1. The summed E-state index contributed by atoms with van der Waals surface area (Å²) in [5.74, 6) is 0.260. The van der Waals surface area contributed by atoms with Gasteiger partial charge in [-0.1, -0.05) is 32.0 Å². The Kier molecular flexibility index (Phi) is 4.79. The van der Waals surface area contributed by atoms with Crippen LogP contribution in [0.5, 0.6) is 0 Å². The van der Waals surface area contributed by atoms with Gasteiger partial charge in [0.05, 0.1) is 12.7 Å². The van der Waals surface area contributed by atoms with Crippen LogP contribution >= 0.6 is 0 Å². The Morgan fingerprint density at radius 1 is 1.33 bits per heavy atom. The maximum atomic E-state index is 10.6. The second-order valence-electron chi connectivity index (χ2n) is 5.16. The molecule has 0 aliphatic carbocycles. The van der Waals surface area contributed by atoms with E-state index in [-0.39, 0.29) is 12.0 Å². The Hall–Kier alpha value is -0.860. The topological polar surface area (TPSA) is 29.5 Å². The number of rotatable bonds is 4. The Labute approximate surface area is 110 Å². The molecule has 2 unspecified atom stereocenters. The van der Waals surface area contributed by atoms with Crippen molar-refractivity contribution < 1.29 is 9.84 Å². The summed E-state index contributed by atoms with van der Waals surface area (Å²) in [5, 5.41) is 10.6. The lowest BCUT2D eigenvalue weighted by Gasteiger charge is -2.28. The average Bonchev–Trinajstić information content (AvgIpc) is 2.46. The summed E-state index contributed by atoms with van der Waals surface area (Å²) in [6.07, 6.45) is 3.76. The molecule has 0 amide bonds. The van der Waals surface area contributed by atoms with E-state index in [1.807, 2.05) is 0 Å². The van der Waals surface area contributed by atoms with Crippen molar-refractivity contribution in [1.82, 2.24) is 0 Å². The minimum absolute atomic E-state index is 0.260. The predicted octanol–water partition coefficient (Wildman–Crippen LogP) is 3.27. The Bertz CT molecular complexity index is 381. The molecule has 2 heteroatoms. The van der Waals surface area contributed by atoms with Gasteiger partial charge in [-0.3, -0.25) is 0 Å². The minimum Gasteiger partial charge on any atom is -0.388 e. The van der Waals surface area contributed by atoms with Crippen molar-refractivity contribution in [3.8, 4) is 0 Å². The fourth-order valence-corrected chi connectivity index (χ4v) is 2.73. The molecule has 1 aromatic carbocycles. The van der Waals surface area contributed by atoms with Gasteiger partial charge in [0.1, 0.15) is 0 Å². The molecule has 2 rings (SSSR count). The molecule has 0 spiro atoms. The highest BCUT2D eigenvalue weighted by atomic mass is 16.5. The molecule has 1 aliphatic rings. The van der Waals surface area contributed by atoms with E-state index in [1.54, 1.807) is 0 Å². The van der Waals surface area contributed by atoms with Crippen LogP contribution < -0.4 is 0 Å². The summed E-state index contributed by atoms with van der Waals surface area (Å²) >= 11 is 0. The molecule has 1 aliphatic heterocycles. The highest BCUT2D eigenvalue weighted by Crippen LogP contribution is 2.31. The molecule has 2 atom stereocenters. The smallest absolute Gasteiger partial charge is 0.0842 e. The summed E-state index contributed by atoms with van der Waals surface area (Å²) in [6.45, 7) is 5.84. The molecule has 1 N–H and O–H groups in total. The van der Waals surface area contributed by atoms with Crippen molar-refractivity contribution in [1.29, 1.82) is 0 Å². The van der Waals surface area contributed by atoms with Gasteiger partial charge in [0.15, 0.2) is 0 Å². The summed E-state index contributed by atoms with van der Waals surface area (Å²) in [4.78, 5) is 0. The zero-order chi connectivity index (χ0) is 13.0. The Morgan fingerprint density at radius 3 is 2.78 bits per heavy atom. The molecule has 18 heavy (non-hydrogen) atoms. The van der Waals surface area contributed by atoms with Gasteiger partial charge in [-0.2, -0.15) is 0 Å². The van der Waals surface area contributed by atoms with E-state index in [4.69, 9.17) is 4.74 Å². The van der Waals surface area contributed by atoms with Crippen LogP contribution in [-0.2, 0) is 17.6 Å². The lowest BCUT2D eigenvalue weighted by atomic mass is 9.87. The molecule has 0 bridgehead atoms. The number of hydrogen-bond acceptors (Lipinski definition) is 2. The number of aryl methyl sites for hydroxylation is 2. The third-order valence-electron chi connectivity index (χ3n) is 3.96. The lowest BCUT2D eigenvalue weighted by Crippen LogP contribution is -2.24. The Balaban J connectivity index is 2.23.